The van der Waals surface area contributed by atoms with E-state index >= 15 is 0 Å². The summed E-state index contributed by atoms with van der Waals surface area (Å²) in [6.45, 7) is 1.94. The summed E-state index contributed by atoms with van der Waals surface area (Å²) in [6.07, 6.45) is 3.34. The molecule has 2 aromatic rings. The van der Waals surface area contributed by atoms with E-state index in [0.29, 0.717) is 0 Å². The Morgan fingerprint density at radius 2 is 1.94 bits per heavy atom. The van der Waals surface area contributed by atoms with Crippen molar-refractivity contribution in [2.45, 2.75) is 13.0 Å². The van der Waals surface area contributed by atoms with Gasteiger partial charge in [-0.15, -0.1) is 12.4 Å². The number of furan rings is 1. The molecule has 2 rings (SSSR count). The Kier molecular flexibility index (Phi) is 3.99. The molecule has 0 fully saturated rings. The highest BCUT2D eigenvalue weighted by Gasteiger charge is 2.05. The lowest BCUT2D eigenvalue weighted by atomic mass is 10.0. The van der Waals surface area contributed by atoms with E-state index in [2.05, 4.69) is 0 Å². The highest BCUT2D eigenvalue weighted by atomic mass is 35.5. The summed E-state index contributed by atoms with van der Waals surface area (Å²) in [5, 5.41) is 0. The molecule has 4 heteroatoms. The lowest BCUT2D eigenvalue weighted by molar-refractivity contribution is 0.568. The molecule has 16 heavy (non-hydrogen) atoms. The molecular weight excluding hydrogens is 224 g/mol. The van der Waals surface area contributed by atoms with Gasteiger partial charge >= 0.3 is 0 Å². The van der Waals surface area contributed by atoms with Crippen molar-refractivity contribution in [3.63, 3.8) is 0 Å². The molecule has 1 atom stereocenters. The fourth-order valence-electron chi connectivity index (χ4n) is 1.53. The standard InChI is InChI=1S/C12H14N2O.ClH/c1-8(13)10-4-11(6-12(14)5-10)9-2-3-15-7-9;/h2-8H,13-14H2,1H3;1H. The average molecular weight is 239 g/mol. The molecule has 4 N–H and O–H groups in total. The van der Waals surface area contributed by atoms with Gasteiger partial charge in [-0.3, -0.25) is 0 Å². The second-order valence-electron chi connectivity index (χ2n) is 3.69. The van der Waals surface area contributed by atoms with E-state index < -0.39 is 0 Å². The lowest BCUT2D eigenvalue weighted by Crippen LogP contribution is -2.05. The fourth-order valence-corrected chi connectivity index (χ4v) is 1.53. The molecule has 0 saturated carbocycles. The number of anilines is 1. The number of benzene rings is 1. The number of hydrogen-bond donors (Lipinski definition) is 2. The van der Waals surface area contributed by atoms with Gasteiger partial charge in [-0.1, -0.05) is 0 Å². The summed E-state index contributed by atoms with van der Waals surface area (Å²) in [6, 6.07) is 7.73. The molecule has 0 saturated heterocycles. The second kappa shape index (κ2) is 5.05. The molecule has 86 valence electrons. The van der Waals surface area contributed by atoms with Gasteiger partial charge in [-0.25, -0.2) is 0 Å². The van der Waals surface area contributed by atoms with Crippen molar-refractivity contribution >= 4 is 18.1 Å². The van der Waals surface area contributed by atoms with Crippen LogP contribution in [0.2, 0.25) is 0 Å². The first-order valence-electron chi connectivity index (χ1n) is 4.85. The monoisotopic (exact) mass is 238 g/mol. The van der Waals surface area contributed by atoms with Gasteiger partial charge in [0.1, 0.15) is 0 Å². The van der Waals surface area contributed by atoms with Crippen LogP contribution in [0.5, 0.6) is 0 Å². The van der Waals surface area contributed by atoms with Crippen LogP contribution in [0.25, 0.3) is 11.1 Å². The van der Waals surface area contributed by atoms with Crippen molar-refractivity contribution in [3.8, 4) is 11.1 Å². The SMILES string of the molecule is CC(N)c1cc(N)cc(-c2ccoc2)c1.Cl. The molecule has 1 aromatic heterocycles. The van der Waals surface area contributed by atoms with Gasteiger partial charge in [0.2, 0.25) is 0 Å². The highest BCUT2D eigenvalue weighted by molar-refractivity contribution is 5.85. The summed E-state index contributed by atoms with van der Waals surface area (Å²) in [5.74, 6) is 0. The molecule has 0 aliphatic carbocycles. The zero-order valence-electron chi connectivity index (χ0n) is 9.01. The van der Waals surface area contributed by atoms with Gasteiger partial charge in [-0.05, 0) is 42.3 Å². The van der Waals surface area contributed by atoms with Crippen molar-refractivity contribution in [1.29, 1.82) is 0 Å². The minimum absolute atomic E-state index is 0. The van der Waals surface area contributed by atoms with E-state index in [0.717, 1.165) is 22.4 Å². The van der Waals surface area contributed by atoms with Crippen LogP contribution in [0.3, 0.4) is 0 Å². The number of rotatable bonds is 2. The maximum atomic E-state index is 5.83. The summed E-state index contributed by atoms with van der Waals surface area (Å²) >= 11 is 0. The van der Waals surface area contributed by atoms with Crippen molar-refractivity contribution in [2.24, 2.45) is 5.73 Å². The quantitative estimate of drug-likeness (QED) is 0.791. The van der Waals surface area contributed by atoms with Crippen molar-refractivity contribution in [3.05, 3.63) is 42.4 Å². The molecule has 1 heterocycles. The van der Waals surface area contributed by atoms with Crippen molar-refractivity contribution in [2.75, 3.05) is 5.73 Å². The predicted octanol–water partition coefficient (Wildman–Crippen LogP) is 2.97. The zero-order valence-corrected chi connectivity index (χ0v) is 9.83. The largest absolute Gasteiger partial charge is 0.472 e. The van der Waals surface area contributed by atoms with Crippen molar-refractivity contribution in [1.82, 2.24) is 0 Å². The van der Waals surface area contributed by atoms with Gasteiger partial charge in [0.05, 0.1) is 12.5 Å². The Balaban J connectivity index is 0.00000128. The van der Waals surface area contributed by atoms with Gasteiger partial charge in [-0.2, -0.15) is 0 Å². The van der Waals surface area contributed by atoms with Gasteiger partial charge in [0.15, 0.2) is 0 Å². The Bertz CT molecular complexity index is 452. The Morgan fingerprint density at radius 1 is 1.19 bits per heavy atom. The van der Waals surface area contributed by atoms with Crippen LogP contribution in [0.15, 0.2) is 41.2 Å². The second-order valence-corrected chi connectivity index (χ2v) is 3.69. The first-order chi connectivity index (χ1) is 7.16. The average Bonchev–Trinajstić information content (AvgIpc) is 2.69. The molecule has 1 aromatic carbocycles. The van der Waals surface area contributed by atoms with E-state index in [9.17, 15) is 0 Å². The molecular formula is C12H15ClN2O. The first kappa shape index (κ1) is 12.6. The minimum Gasteiger partial charge on any atom is -0.472 e. The third kappa shape index (κ3) is 2.56. The highest BCUT2D eigenvalue weighted by Crippen LogP contribution is 2.25. The minimum atomic E-state index is -0.0147. The van der Waals surface area contributed by atoms with Gasteiger partial charge < -0.3 is 15.9 Å². The number of halogens is 1. The Labute approximate surface area is 101 Å². The topological polar surface area (TPSA) is 65.2 Å². The number of hydrogen-bond acceptors (Lipinski definition) is 3. The van der Waals surface area contributed by atoms with Gasteiger partial charge in [0.25, 0.3) is 0 Å². The molecule has 0 radical (unpaired) electrons. The van der Waals surface area contributed by atoms with Crippen LogP contribution < -0.4 is 11.5 Å². The van der Waals surface area contributed by atoms with E-state index in [4.69, 9.17) is 15.9 Å². The Morgan fingerprint density at radius 3 is 2.50 bits per heavy atom. The molecule has 0 aliphatic rings. The maximum Gasteiger partial charge on any atom is 0.0980 e. The predicted molar refractivity (Wildman–Crippen MR) is 68.4 cm³/mol. The molecule has 0 aliphatic heterocycles. The van der Waals surface area contributed by atoms with E-state index in [1.165, 1.54) is 0 Å². The van der Waals surface area contributed by atoms with E-state index in [1.54, 1.807) is 12.5 Å². The maximum absolute atomic E-state index is 5.83. The summed E-state index contributed by atoms with van der Waals surface area (Å²) in [4.78, 5) is 0. The smallest absolute Gasteiger partial charge is 0.0980 e. The number of nitrogens with two attached hydrogens (primary N) is 2. The molecule has 3 nitrogen and oxygen atoms in total. The normalized spacial score (nSPS) is 11.9. The summed E-state index contributed by atoms with van der Waals surface area (Å²) in [5.41, 5.74) is 15.5. The molecule has 0 bridgehead atoms. The fraction of sp³-hybridized carbons (Fsp3) is 0.167. The summed E-state index contributed by atoms with van der Waals surface area (Å²) in [7, 11) is 0. The molecule has 1 unspecified atom stereocenters. The number of nitrogen functional groups attached to an aromatic ring is 1. The van der Waals surface area contributed by atoms with Crippen LogP contribution in [-0.2, 0) is 0 Å². The van der Waals surface area contributed by atoms with Crippen LogP contribution in [0.4, 0.5) is 5.69 Å². The molecule has 0 amide bonds. The Hall–Kier alpha value is -1.45. The lowest BCUT2D eigenvalue weighted by Gasteiger charge is -2.09. The molecule has 0 spiro atoms. The third-order valence-corrected chi connectivity index (χ3v) is 2.36. The van der Waals surface area contributed by atoms with Crippen LogP contribution in [-0.4, -0.2) is 0 Å². The first-order valence-corrected chi connectivity index (χ1v) is 4.85. The summed E-state index contributed by atoms with van der Waals surface area (Å²) < 4.78 is 5.04. The van der Waals surface area contributed by atoms with E-state index in [1.807, 2.05) is 31.2 Å². The van der Waals surface area contributed by atoms with Crippen LogP contribution in [0, 0.1) is 0 Å². The van der Waals surface area contributed by atoms with Crippen LogP contribution >= 0.6 is 12.4 Å². The zero-order chi connectivity index (χ0) is 10.8. The van der Waals surface area contributed by atoms with Crippen molar-refractivity contribution < 1.29 is 4.42 Å². The van der Waals surface area contributed by atoms with Crippen LogP contribution in [0.1, 0.15) is 18.5 Å². The van der Waals surface area contributed by atoms with Gasteiger partial charge in [0, 0.05) is 17.3 Å². The third-order valence-electron chi connectivity index (χ3n) is 2.36. The van der Waals surface area contributed by atoms with E-state index in [-0.39, 0.29) is 18.4 Å².